The number of nitrogens with zero attached hydrogens (tertiary/aromatic N) is 1. The van der Waals surface area contributed by atoms with Gasteiger partial charge in [0.05, 0.1) is 24.2 Å². The first-order chi connectivity index (χ1) is 15.4. The Morgan fingerprint density at radius 2 is 1.52 bits per heavy atom. The summed E-state index contributed by atoms with van der Waals surface area (Å²) in [4.78, 5) is 13.9. The summed E-state index contributed by atoms with van der Waals surface area (Å²) in [6, 6.07) is 6.18. The van der Waals surface area contributed by atoms with Crippen LogP contribution in [0.1, 0.15) is 42.4 Å². The molecule has 180 valence electrons. The van der Waals surface area contributed by atoms with Gasteiger partial charge in [-0.15, -0.1) is 0 Å². The SMILES string of the molecule is CCN(c1cc(C(F)(F)F)cc(C(F)(F)F)c1)[C@H]1CC[C@@H](C(=O)OC)[C@H]1c1ccc(F)cc1. The highest BCUT2D eigenvalue weighted by molar-refractivity contribution is 5.75. The lowest BCUT2D eigenvalue weighted by Gasteiger charge is -2.36. The zero-order valence-electron chi connectivity index (χ0n) is 17.8. The molecule has 0 amide bonds. The molecule has 2 aromatic rings. The molecule has 33 heavy (non-hydrogen) atoms. The van der Waals surface area contributed by atoms with Crippen LogP contribution in [-0.4, -0.2) is 25.7 Å². The molecule has 1 aliphatic carbocycles. The lowest BCUT2D eigenvalue weighted by atomic mass is 9.85. The first-order valence-corrected chi connectivity index (χ1v) is 10.3. The Bertz CT molecular complexity index is 954. The third kappa shape index (κ3) is 5.25. The van der Waals surface area contributed by atoms with E-state index in [2.05, 4.69) is 0 Å². The largest absolute Gasteiger partial charge is 0.469 e. The van der Waals surface area contributed by atoms with Crippen LogP contribution in [0, 0.1) is 11.7 Å². The van der Waals surface area contributed by atoms with Crippen molar-refractivity contribution in [1.82, 2.24) is 0 Å². The number of ether oxygens (including phenoxy) is 1. The lowest BCUT2D eigenvalue weighted by molar-refractivity contribution is -0.146. The van der Waals surface area contributed by atoms with Gasteiger partial charge in [0.15, 0.2) is 0 Å². The number of hydrogen-bond donors (Lipinski definition) is 0. The summed E-state index contributed by atoms with van der Waals surface area (Å²) >= 11 is 0. The van der Waals surface area contributed by atoms with Gasteiger partial charge in [-0.3, -0.25) is 4.79 Å². The van der Waals surface area contributed by atoms with Gasteiger partial charge in [-0.25, -0.2) is 4.39 Å². The number of likely N-dealkylation sites (N-methyl/N-ethyl adjacent to an activating group) is 1. The van der Waals surface area contributed by atoms with E-state index in [-0.39, 0.29) is 18.3 Å². The molecule has 1 aliphatic rings. The fourth-order valence-corrected chi connectivity index (χ4v) is 4.60. The molecule has 0 radical (unpaired) electrons. The van der Waals surface area contributed by atoms with Crippen LogP contribution in [0.2, 0.25) is 0 Å². The Balaban J connectivity index is 2.12. The number of anilines is 1. The third-order valence-corrected chi connectivity index (χ3v) is 6.03. The summed E-state index contributed by atoms with van der Waals surface area (Å²) < 4.78 is 98.7. The van der Waals surface area contributed by atoms with E-state index in [0.717, 1.165) is 0 Å². The van der Waals surface area contributed by atoms with Crippen molar-refractivity contribution in [2.45, 2.75) is 44.1 Å². The minimum absolute atomic E-state index is 0.0840. The second-order valence-corrected chi connectivity index (χ2v) is 7.90. The molecule has 0 bridgehead atoms. The van der Waals surface area contributed by atoms with Gasteiger partial charge in [0, 0.05) is 24.2 Å². The molecule has 0 unspecified atom stereocenters. The summed E-state index contributed by atoms with van der Waals surface area (Å²) in [5, 5.41) is 0. The summed E-state index contributed by atoms with van der Waals surface area (Å²) in [6.45, 7) is 1.70. The number of esters is 1. The second-order valence-electron chi connectivity index (χ2n) is 7.90. The van der Waals surface area contributed by atoms with E-state index < -0.39 is 53.1 Å². The monoisotopic (exact) mass is 477 g/mol. The standard InChI is InChI=1S/C23H22F7NO2/c1-3-31(17-11-14(22(25,26)27)10-15(12-17)23(28,29)30)19-9-8-18(21(32)33-2)20(19)13-4-6-16(24)7-5-13/h4-7,10-12,18-20H,3,8-9H2,1-2H3/t18-,19+,20-/m1/s1. The maximum atomic E-state index is 13.5. The molecule has 0 saturated heterocycles. The molecule has 3 nitrogen and oxygen atoms in total. The smallest absolute Gasteiger partial charge is 0.416 e. The van der Waals surface area contributed by atoms with Crippen LogP contribution in [-0.2, 0) is 21.9 Å². The normalized spacial score (nSPS) is 21.2. The molecule has 1 fully saturated rings. The first kappa shape index (κ1) is 24.9. The molecule has 1 saturated carbocycles. The molecule has 10 heteroatoms. The van der Waals surface area contributed by atoms with Crippen molar-refractivity contribution in [3.05, 3.63) is 65.0 Å². The van der Waals surface area contributed by atoms with Crippen molar-refractivity contribution in [3.8, 4) is 0 Å². The van der Waals surface area contributed by atoms with E-state index >= 15 is 0 Å². The molecule has 0 aliphatic heterocycles. The van der Waals surface area contributed by atoms with Crippen LogP contribution in [0.25, 0.3) is 0 Å². The summed E-state index contributed by atoms with van der Waals surface area (Å²) in [5.74, 6) is -2.33. The number of halogens is 7. The zero-order chi connectivity index (χ0) is 24.6. The van der Waals surface area contributed by atoms with Crippen molar-refractivity contribution in [3.63, 3.8) is 0 Å². The van der Waals surface area contributed by atoms with Gasteiger partial charge in [-0.1, -0.05) is 12.1 Å². The Morgan fingerprint density at radius 3 is 1.97 bits per heavy atom. The van der Waals surface area contributed by atoms with Crippen molar-refractivity contribution in [2.24, 2.45) is 5.92 Å². The van der Waals surface area contributed by atoms with Crippen LogP contribution in [0.15, 0.2) is 42.5 Å². The third-order valence-electron chi connectivity index (χ3n) is 6.03. The molecule has 0 spiro atoms. The van der Waals surface area contributed by atoms with E-state index in [1.54, 1.807) is 6.92 Å². The highest BCUT2D eigenvalue weighted by Crippen LogP contribution is 2.46. The van der Waals surface area contributed by atoms with Crippen molar-refractivity contribution in [2.75, 3.05) is 18.6 Å². The fourth-order valence-electron chi connectivity index (χ4n) is 4.60. The van der Waals surface area contributed by atoms with Gasteiger partial charge in [0.1, 0.15) is 5.82 Å². The molecular formula is C23H22F7NO2. The Labute approximate surface area is 186 Å². The maximum absolute atomic E-state index is 13.5. The number of carbonyl (C=O) groups excluding carboxylic acids is 1. The van der Waals surface area contributed by atoms with Gasteiger partial charge in [-0.05, 0) is 55.7 Å². The van der Waals surface area contributed by atoms with E-state index in [0.29, 0.717) is 30.5 Å². The van der Waals surface area contributed by atoms with Crippen molar-refractivity contribution >= 4 is 11.7 Å². The van der Waals surface area contributed by atoms with Crippen LogP contribution in [0.3, 0.4) is 0 Å². The molecule has 3 rings (SSSR count). The van der Waals surface area contributed by atoms with Crippen LogP contribution in [0.4, 0.5) is 36.4 Å². The Kier molecular flexibility index (Phi) is 6.95. The fraction of sp³-hybridized carbons (Fsp3) is 0.435. The van der Waals surface area contributed by atoms with Gasteiger partial charge >= 0.3 is 18.3 Å². The van der Waals surface area contributed by atoms with E-state index in [4.69, 9.17) is 4.74 Å². The van der Waals surface area contributed by atoms with Crippen LogP contribution >= 0.6 is 0 Å². The predicted octanol–water partition coefficient (Wildman–Crippen LogP) is 6.43. The van der Waals surface area contributed by atoms with E-state index in [1.165, 1.54) is 36.3 Å². The Morgan fingerprint density at radius 1 is 0.970 bits per heavy atom. The summed E-state index contributed by atoms with van der Waals surface area (Å²) in [5.41, 5.74) is -2.52. The van der Waals surface area contributed by atoms with Crippen molar-refractivity contribution < 1.29 is 40.3 Å². The highest BCUT2D eigenvalue weighted by atomic mass is 19.4. The van der Waals surface area contributed by atoms with Crippen molar-refractivity contribution in [1.29, 1.82) is 0 Å². The van der Waals surface area contributed by atoms with Gasteiger partial charge in [-0.2, -0.15) is 26.3 Å². The minimum Gasteiger partial charge on any atom is -0.469 e. The topological polar surface area (TPSA) is 29.5 Å². The number of methoxy groups -OCH3 is 1. The van der Waals surface area contributed by atoms with Crippen LogP contribution < -0.4 is 4.90 Å². The maximum Gasteiger partial charge on any atom is 0.416 e. The second kappa shape index (κ2) is 9.23. The highest BCUT2D eigenvalue weighted by Gasteiger charge is 2.45. The minimum atomic E-state index is -4.98. The van der Waals surface area contributed by atoms with E-state index in [9.17, 15) is 35.5 Å². The lowest BCUT2D eigenvalue weighted by Crippen LogP contribution is -2.39. The summed E-state index contributed by atoms with van der Waals surface area (Å²) in [6.07, 6.45) is -9.31. The predicted molar refractivity (Wildman–Crippen MR) is 107 cm³/mol. The van der Waals surface area contributed by atoms with Gasteiger partial charge in [0.2, 0.25) is 0 Å². The molecule has 3 atom stereocenters. The van der Waals surface area contributed by atoms with Crippen LogP contribution in [0.5, 0.6) is 0 Å². The molecule has 0 heterocycles. The molecular weight excluding hydrogens is 455 g/mol. The molecule has 2 aromatic carbocycles. The summed E-state index contributed by atoms with van der Waals surface area (Å²) in [7, 11) is 1.21. The molecule has 0 aromatic heterocycles. The number of rotatable bonds is 5. The van der Waals surface area contributed by atoms with Gasteiger partial charge < -0.3 is 9.64 Å². The van der Waals surface area contributed by atoms with E-state index in [1.807, 2.05) is 0 Å². The van der Waals surface area contributed by atoms with Gasteiger partial charge in [0.25, 0.3) is 0 Å². The number of carbonyl (C=O) groups is 1. The number of hydrogen-bond acceptors (Lipinski definition) is 3. The molecule has 0 N–H and O–H groups in total. The zero-order valence-corrected chi connectivity index (χ0v) is 17.8. The average molecular weight is 477 g/mol. The Hall–Kier alpha value is -2.78. The number of alkyl halides is 6. The first-order valence-electron chi connectivity index (χ1n) is 10.3. The number of benzene rings is 2. The average Bonchev–Trinajstić information content (AvgIpc) is 3.17. The quantitative estimate of drug-likeness (QED) is 0.368.